The molecule has 0 aliphatic rings. The van der Waals surface area contributed by atoms with Crippen LogP contribution in [-0.2, 0) is 11.2 Å². The van der Waals surface area contributed by atoms with Gasteiger partial charge in [-0.1, -0.05) is 6.07 Å². The molecule has 0 saturated heterocycles. The van der Waals surface area contributed by atoms with Gasteiger partial charge in [0.1, 0.15) is 0 Å². The van der Waals surface area contributed by atoms with Gasteiger partial charge in [-0.15, -0.1) is 35.3 Å². The van der Waals surface area contributed by atoms with Crippen molar-refractivity contribution in [2.45, 2.75) is 12.8 Å². The van der Waals surface area contributed by atoms with E-state index in [2.05, 4.69) is 21.8 Å². The van der Waals surface area contributed by atoms with Crippen LogP contribution in [0.5, 0.6) is 0 Å². The maximum atomic E-state index is 8.50. The summed E-state index contributed by atoms with van der Waals surface area (Å²) in [6.07, 6.45) is 1.78. The average molecular weight is 399 g/mol. The van der Waals surface area contributed by atoms with Crippen LogP contribution >= 0.6 is 35.3 Å². The molecule has 1 heterocycles. The number of ether oxygens (including phenoxy) is 1. The number of nitrogens with one attached hydrogen (secondary N) is 1. The average Bonchev–Trinajstić information content (AvgIpc) is 2.87. The lowest BCUT2D eigenvalue weighted by molar-refractivity contribution is 0.0918. The minimum atomic E-state index is 0. The van der Waals surface area contributed by atoms with Crippen LogP contribution in [0.2, 0.25) is 0 Å². The predicted octanol–water partition coefficient (Wildman–Crippen LogP) is 1.21. The molecule has 5 nitrogen and oxygen atoms in total. The number of rotatable bonds is 9. The first-order valence-corrected chi connectivity index (χ1v) is 6.95. The fourth-order valence-electron chi connectivity index (χ4n) is 1.36. The van der Waals surface area contributed by atoms with E-state index < -0.39 is 0 Å². The van der Waals surface area contributed by atoms with E-state index >= 15 is 0 Å². The summed E-state index contributed by atoms with van der Waals surface area (Å²) in [5.41, 5.74) is 5.72. The largest absolute Gasteiger partial charge is 0.394 e. The molecule has 0 saturated carbocycles. The Bertz CT molecular complexity index is 334. The minimum absolute atomic E-state index is 0. The number of aliphatic imine (C=N–C) groups is 1. The zero-order valence-electron chi connectivity index (χ0n) is 10.9. The van der Waals surface area contributed by atoms with Crippen LogP contribution in [0, 0.1) is 0 Å². The van der Waals surface area contributed by atoms with Gasteiger partial charge in [-0.25, -0.2) is 0 Å². The van der Waals surface area contributed by atoms with Crippen LogP contribution in [0.1, 0.15) is 11.3 Å². The topological polar surface area (TPSA) is 79.9 Å². The number of hydrogen-bond donors (Lipinski definition) is 3. The molecule has 1 rings (SSSR count). The summed E-state index contributed by atoms with van der Waals surface area (Å²) in [5.74, 6) is 0.480. The summed E-state index contributed by atoms with van der Waals surface area (Å²) in [7, 11) is 0. The van der Waals surface area contributed by atoms with Gasteiger partial charge < -0.3 is 20.9 Å². The Hall–Kier alpha value is -0.380. The van der Waals surface area contributed by atoms with Gasteiger partial charge in [-0.2, -0.15) is 0 Å². The summed E-state index contributed by atoms with van der Waals surface area (Å²) in [6.45, 7) is 2.50. The molecule has 0 aliphatic carbocycles. The Morgan fingerprint density at radius 2 is 2.32 bits per heavy atom. The Morgan fingerprint density at radius 1 is 1.47 bits per heavy atom. The van der Waals surface area contributed by atoms with E-state index in [1.54, 1.807) is 11.3 Å². The smallest absolute Gasteiger partial charge is 0.188 e. The number of thiophene rings is 1. The molecule has 0 amide bonds. The summed E-state index contributed by atoms with van der Waals surface area (Å²) < 4.78 is 5.12. The molecule has 1 aromatic heterocycles. The monoisotopic (exact) mass is 399 g/mol. The Morgan fingerprint density at radius 3 is 3.00 bits per heavy atom. The molecule has 0 spiro atoms. The van der Waals surface area contributed by atoms with E-state index in [-0.39, 0.29) is 30.6 Å². The molecule has 0 aliphatic heterocycles. The Balaban J connectivity index is 0.00000324. The molecule has 1 aromatic rings. The van der Waals surface area contributed by atoms with Crippen molar-refractivity contribution in [3.05, 3.63) is 22.4 Å². The SMILES string of the molecule is I.NC(=NCCCOCCO)NCCc1cccs1. The van der Waals surface area contributed by atoms with Crippen LogP contribution < -0.4 is 11.1 Å². The normalized spacial score (nSPS) is 11.1. The number of nitrogens with two attached hydrogens (primary N) is 1. The number of aliphatic hydroxyl groups is 1. The highest BCUT2D eigenvalue weighted by molar-refractivity contribution is 14.0. The zero-order chi connectivity index (χ0) is 13.1. The molecule has 110 valence electrons. The van der Waals surface area contributed by atoms with Crippen LogP contribution in [-0.4, -0.2) is 44.0 Å². The van der Waals surface area contributed by atoms with Crippen molar-refractivity contribution in [1.29, 1.82) is 0 Å². The minimum Gasteiger partial charge on any atom is -0.394 e. The third kappa shape index (κ3) is 10.1. The Kier molecular flexibility index (Phi) is 12.4. The maximum absolute atomic E-state index is 8.50. The van der Waals surface area contributed by atoms with Crippen molar-refractivity contribution >= 4 is 41.3 Å². The highest BCUT2D eigenvalue weighted by Gasteiger charge is 1.95. The number of nitrogens with zero attached hydrogens (tertiary/aromatic N) is 1. The van der Waals surface area contributed by atoms with Crippen LogP contribution in [0.15, 0.2) is 22.5 Å². The van der Waals surface area contributed by atoms with E-state index in [4.69, 9.17) is 15.6 Å². The third-order valence-electron chi connectivity index (χ3n) is 2.22. The molecule has 0 fully saturated rings. The molecule has 19 heavy (non-hydrogen) atoms. The molecule has 0 bridgehead atoms. The van der Waals surface area contributed by atoms with Gasteiger partial charge in [0.2, 0.25) is 0 Å². The fraction of sp³-hybridized carbons (Fsp3) is 0.583. The second-order valence-corrected chi connectivity index (χ2v) is 4.74. The summed E-state index contributed by atoms with van der Waals surface area (Å²) in [6, 6.07) is 4.15. The Labute approximate surface area is 135 Å². The van der Waals surface area contributed by atoms with Crippen molar-refractivity contribution in [2.24, 2.45) is 10.7 Å². The molecule has 7 heteroatoms. The molecule has 4 N–H and O–H groups in total. The van der Waals surface area contributed by atoms with Gasteiger partial charge in [-0.3, -0.25) is 4.99 Å². The first kappa shape index (κ1) is 18.6. The summed E-state index contributed by atoms with van der Waals surface area (Å²) in [4.78, 5) is 5.53. The molecular formula is C12H22IN3O2S. The lowest BCUT2D eigenvalue weighted by Crippen LogP contribution is -2.33. The zero-order valence-corrected chi connectivity index (χ0v) is 14.0. The van der Waals surface area contributed by atoms with Crippen molar-refractivity contribution in [3.8, 4) is 0 Å². The van der Waals surface area contributed by atoms with Crippen molar-refractivity contribution in [2.75, 3.05) is 32.9 Å². The quantitative estimate of drug-likeness (QED) is 0.253. The third-order valence-corrected chi connectivity index (χ3v) is 3.16. The highest BCUT2D eigenvalue weighted by Crippen LogP contribution is 2.07. The molecule has 0 unspecified atom stereocenters. The van der Waals surface area contributed by atoms with Crippen LogP contribution in [0.25, 0.3) is 0 Å². The lowest BCUT2D eigenvalue weighted by atomic mass is 10.3. The number of aliphatic hydroxyl groups excluding tert-OH is 1. The number of halogens is 1. The van der Waals surface area contributed by atoms with Gasteiger partial charge in [0.25, 0.3) is 0 Å². The summed E-state index contributed by atoms with van der Waals surface area (Å²) >= 11 is 1.75. The van der Waals surface area contributed by atoms with E-state index in [1.807, 2.05) is 6.07 Å². The molecule has 0 radical (unpaired) electrons. The van der Waals surface area contributed by atoms with Crippen molar-refractivity contribution in [3.63, 3.8) is 0 Å². The van der Waals surface area contributed by atoms with Gasteiger partial charge >= 0.3 is 0 Å². The van der Waals surface area contributed by atoms with E-state index in [9.17, 15) is 0 Å². The van der Waals surface area contributed by atoms with Gasteiger partial charge in [0, 0.05) is 24.6 Å². The molecule has 0 atom stereocenters. The van der Waals surface area contributed by atoms with Gasteiger partial charge in [0.15, 0.2) is 5.96 Å². The van der Waals surface area contributed by atoms with E-state index in [0.29, 0.717) is 25.7 Å². The predicted molar refractivity (Wildman–Crippen MR) is 90.5 cm³/mol. The van der Waals surface area contributed by atoms with Crippen molar-refractivity contribution < 1.29 is 9.84 Å². The van der Waals surface area contributed by atoms with E-state index in [1.165, 1.54) is 4.88 Å². The first-order chi connectivity index (χ1) is 8.83. The highest BCUT2D eigenvalue weighted by atomic mass is 127. The van der Waals surface area contributed by atoms with Crippen molar-refractivity contribution in [1.82, 2.24) is 5.32 Å². The second kappa shape index (κ2) is 12.6. The van der Waals surface area contributed by atoms with Gasteiger partial charge in [-0.05, 0) is 24.3 Å². The van der Waals surface area contributed by atoms with Gasteiger partial charge in [0.05, 0.1) is 13.2 Å². The maximum Gasteiger partial charge on any atom is 0.188 e. The standard InChI is InChI=1S/C12H21N3O2S.HI/c13-12(14-5-2-8-17-9-7-16)15-6-4-11-3-1-10-18-11;/h1,3,10,16H,2,4-9H2,(H3,13,14,15);1H. The lowest BCUT2D eigenvalue weighted by Gasteiger charge is -2.04. The second-order valence-electron chi connectivity index (χ2n) is 3.71. The number of hydrogen-bond acceptors (Lipinski definition) is 4. The fourth-order valence-corrected chi connectivity index (χ4v) is 2.07. The van der Waals surface area contributed by atoms with E-state index in [0.717, 1.165) is 19.4 Å². The van der Waals surface area contributed by atoms with Crippen LogP contribution in [0.3, 0.4) is 0 Å². The molecular weight excluding hydrogens is 377 g/mol. The first-order valence-electron chi connectivity index (χ1n) is 6.07. The number of guanidine groups is 1. The van der Waals surface area contributed by atoms with Crippen LogP contribution in [0.4, 0.5) is 0 Å². The molecule has 0 aromatic carbocycles. The summed E-state index contributed by atoms with van der Waals surface area (Å²) in [5, 5.41) is 13.6.